The Balaban J connectivity index is 0. The third-order valence-electron chi connectivity index (χ3n) is 9.08. The Kier molecular flexibility index (Phi) is 25.8. The fourth-order valence-corrected chi connectivity index (χ4v) is 6.44. The molecule has 0 spiro atoms. The predicted octanol–water partition coefficient (Wildman–Crippen LogP) is 13.8. The van der Waals surface area contributed by atoms with Gasteiger partial charge in [0, 0.05) is 11.8 Å². The Morgan fingerprint density at radius 3 is 2.07 bits per heavy atom. The predicted molar refractivity (Wildman–Crippen MR) is 205 cm³/mol. The molecule has 2 rings (SSSR count). The molecule has 0 saturated carbocycles. The molecule has 1 aliphatic heterocycles. The second-order valence-corrected chi connectivity index (χ2v) is 12.6. The van der Waals surface area contributed by atoms with Gasteiger partial charge in [0.2, 0.25) is 5.91 Å². The molecule has 1 N–H and O–H groups in total. The topological polar surface area (TPSA) is 52.9 Å². The van der Waals surface area contributed by atoms with Crippen LogP contribution in [-0.4, -0.2) is 5.91 Å². The molecule has 2 unspecified atom stereocenters. The summed E-state index contributed by atoms with van der Waals surface area (Å²) in [6.07, 6.45) is 14.5. The minimum atomic E-state index is -0.738. The second kappa shape index (κ2) is 25.8. The number of hydrogen-bond donors (Lipinski definition) is 1. The molecule has 1 amide bonds. The molecule has 5 heteroatoms. The first kappa shape index (κ1) is 45.9. The summed E-state index contributed by atoms with van der Waals surface area (Å²) >= 11 is 3.41. The average molecular weight is 704 g/mol. The van der Waals surface area contributed by atoms with Crippen molar-refractivity contribution in [3.63, 3.8) is 0 Å². The summed E-state index contributed by atoms with van der Waals surface area (Å²) in [6, 6.07) is 3.94. The molecule has 1 aliphatic rings. The highest BCUT2D eigenvalue weighted by molar-refractivity contribution is 9.10. The first-order chi connectivity index (χ1) is 22.1. The fraction of sp³-hybridized carbons (Fsp3) is 0.659. The maximum absolute atomic E-state index is 15.8. The Hall–Kier alpha value is -2.19. The van der Waals surface area contributed by atoms with Gasteiger partial charge >= 0.3 is 0 Å². The Bertz CT molecular complexity index is 1140. The van der Waals surface area contributed by atoms with Gasteiger partial charge < -0.3 is 5.32 Å². The molecule has 262 valence electrons. The van der Waals surface area contributed by atoms with Crippen LogP contribution >= 0.6 is 15.9 Å². The van der Waals surface area contributed by atoms with Crippen molar-refractivity contribution in [1.82, 2.24) is 5.32 Å². The molecule has 0 radical (unpaired) electrons. The van der Waals surface area contributed by atoms with Crippen LogP contribution in [0.15, 0.2) is 34.5 Å². The Morgan fingerprint density at radius 1 is 1.04 bits per heavy atom. The van der Waals surface area contributed by atoms with Crippen molar-refractivity contribution in [2.45, 2.75) is 160 Å². The van der Waals surface area contributed by atoms with E-state index in [0.717, 1.165) is 66.8 Å². The van der Waals surface area contributed by atoms with Gasteiger partial charge in [-0.25, -0.2) is 4.39 Å². The summed E-state index contributed by atoms with van der Waals surface area (Å²) in [7, 11) is 0. The van der Waals surface area contributed by atoms with Crippen molar-refractivity contribution in [2.75, 3.05) is 0 Å². The van der Waals surface area contributed by atoms with Crippen LogP contribution in [0.4, 0.5) is 4.39 Å². The van der Waals surface area contributed by atoms with Crippen LogP contribution in [0, 0.1) is 34.4 Å². The van der Waals surface area contributed by atoms with Crippen molar-refractivity contribution >= 4 is 33.5 Å². The van der Waals surface area contributed by atoms with Crippen LogP contribution in [-0.2, 0) is 11.2 Å². The number of rotatable bonds is 16. The van der Waals surface area contributed by atoms with Crippen LogP contribution < -0.4 is 5.32 Å². The molecule has 1 heterocycles. The molecular weight excluding hydrogens is 635 g/mol. The van der Waals surface area contributed by atoms with Gasteiger partial charge in [0.15, 0.2) is 0 Å². The van der Waals surface area contributed by atoms with E-state index in [9.17, 15) is 4.79 Å². The quantitative estimate of drug-likeness (QED) is 0.174. The van der Waals surface area contributed by atoms with Gasteiger partial charge in [0.1, 0.15) is 5.82 Å². The van der Waals surface area contributed by atoms with E-state index in [4.69, 9.17) is 5.26 Å². The number of carbonyl (C=O) groups is 1. The number of carbonyl (C=O) groups excluding carboxylic acids is 1. The number of benzene rings is 1. The van der Waals surface area contributed by atoms with E-state index in [0.29, 0.717) is 40.8 Å². The molecule has 0 bridgehead atoms. The summed E-state index contributed by atoms with van der Waals surface area (Å²) in [4.78, 5) is 13.7. The van der Waals surface area contributed by atoms with Gasteiger partial charge in [-0.3, -0.25) is 4.79 Å². The first-order valence-corrected chi connectivity index (χ1v) is 19.2. The average Bonchev–Trinajstić information content (AvgIpc) is 3.37. The third kappa shape index (κ3) is 12.8. The SMILES string of the molecule is C=C(CCC)C1=C(c2cc(/C=C/C#N)c(Br)c(F)c2CCC)C(CC)(CCCC(C)CC)C(=O)N1.CC.CC.CCC(CC)CC. The standard InChI is InChI=1S/C30H40BrFN2O.C7H16.2C2H6/c1-7-13-21(6)28-25(30(10-4,29(35)34-28)17-11-15-20(5)9-3)24-19-22(16-12-18-33)26(31)27(32)23(24)14-8-2;1-4-7(5-2)6-3;2*1-2/h12,16,19-20H,6-11,13-15,17H2,1-5H3,(H,34,35);7H,4-6H2,1-3H3;2*1-2H3/b16-12+;;;. The summed E-state index contributed by atoms with van der Waals surface area (Å²) in [6.45, 7) is 29.7. The minimum Gasteiger partial charge on any atom is -0.325 e. The van der Waals surface area contributed by atoms with Crippen LogP contribution in [0.3, 0.4) is 0 Å². The third-order valence-corrected chi connectivity index (χ3v) is 9.89. The number of nitrogens with one attached hydrogen (secondary N) is 1. The molecule has 0 aromatic heterocycles. The van der Waals surface area contributed by atoms with Crippen LogP contribution in [0.1, 0.15) is 170 Å². The summed E-state index contributed by atoms with van der Waals surface area (Å²) in [5.74, 6) is 1.25. The number of amides is 1. The molecule has 1 aromatic rings. The van der Waals surface area contributed by atoms with E-state index in [-0.39, 0.29) is 11.7 Å². The molecule has 2 atom stereocenters. The van der Waals surface area contributed by atoms with Crippen molar-refractivity contribution in [1.29, 1.82) is 5.26 Å². The lowest BCUT2D eigenvalue weighted by molar-refractivity contribution is -0.126. The van der Waals surface area contributed by atoms with E-state index in [2.05, 4.69) is 76.3 Å². The number of nitrogens with zero attached hydrogens (tertiary/aromatic N) is 1. The smallest absolute Gasteiger partial charge is 0.235 e. The highest BCUT2D eigenvalue weighted by Crippen LogP contribution is 2.51. The van der Waals surface area contributed by atoms with Gasteiger partial charge in [-0.15, -0.1) is 0 Å². The number of halogens is 2. The van der Waals surface area contributed by atoms with E-state index in [1.54, 1.807) is 6.08 Å². The van der Waals surface area contributed by atoms with Crippen LogP contribution in [0.2, 0.25) is 0 Å². The van der Waals surface area contributed by atoms with Crippen LogP contribution in [0.5, 0.6) is 0 Å². The van der Waals surface area contributed by atoms with Gasteiger partial charge in [-0.2, -0.15) is 5.26 Å². The highest BCUT2D eigenvalue weighted by Gasteiger charge is 2.48. The lowest BCUT2D eigenvalue weighted by Crippen LogP contribution is -2.34. The number of allylic oxidation sites excluding steroid dienone is 2. The molecule has 0 fully saturated rings. The lowest BCUT2D eigenvalue weighted by atomic mass is 9.70. The van der Waals surface area contributed by atoms with Gasteiger partial charge in [0.25, 0.3) is 0 Å². The van der Waals surface area contributed by atoms with Crippen molar-refractivity contribution in [3.05, 3.63) is 57.0 Å². The fourth-order valence-electron chi connectivity index (χ4n) is 5.96. The maximum atomic E-state index is 15.8. The second-order valence-electron chi connectivity index (χ2n) is 11.8. The van der Waals surface area contributed by atoms with E-state index < -0.39 is 5.41 Å². The summed E-state index contributed by atoms with van der Waals surface area (Å²) in [5, 5.41) is 12.3. The summed E-state index contributed by atoms with van der Waals surface area (Å²) in [5.41, 5.74) is 3.76. The van der Waals surface area contributed by atoms with Crippen molar-refractivity contribution in [2.24, 2.45) is 17.3 Å². The highest BCUT2D eigenvalue weighted by atomic mass is 79.9. The van der Waals surface area contributed by atoms with E-state index >= 15 is 4.39 Å². The van der Waals surface area contributed by atoms with E-state index in [1.165, 1.54) is 25.3 Å². The lowest BCUT2D eigenvalue weighted by Gasteiger charge is -2.31. The molecular formula is C41H68BrFN2O. The number of hydrogen-bond acceptors (Lipinski definition) is 2. The van der Waals surface area contributed by atoms with Gasteiger partial charge in [0.05, 0.1) is 16.0 Å². The maximum Gasteiger partial charge on any atom is 0.235 e. The summed E-state index contributed by atoms with van der Waals surface area (Å²) < 4.78 is 16.2. The minimum absolute atomic E-state index is 0.00806. The largest absolute Gasteiger partial charge is 0.325 e. The number of nitriles is 1. The van der Waals surface area contributed by atoms with Crippen molar-refractivity contribution < 1.29 is 9.18 Å². The molecule has 1 aromatic carbocycles. The van der Waals surface area contributed by atoms with Gasteiger partial charge in [-0.1, -0.05) is 141 Å². The first-order valence-electron chi connectivity index (χ1n) is 18.4. The van der Waals surface area contributed by atoms with Crippen molar-refractivity contribution in [3.8, 4) is 6.07 Å². The zero-order valence-corrected chi connectivity index (χ0v) is 33.3. The molecule has 0 aliphatic carbocycles. The van der Waals surface area contributed by atoms with Gasteiger partial charge in [-0.05, 0) is 93.4 Å². The Morgan fingerprint density at radius 2 is 1.63 bits per heavy atom. The molecule has 3 nitrogen and oxygen atoms in total. The zero-order chi connectivity index (χ0) is 35.9. The van der Waals surface area contributed by atoms with E-state index in [1.807, 2.05) is 46.8 Å². The molecule has 0 saturated heterocycles. The van der Waals surface area contributed by atoms with Crippen LogP contribution in [0.25, 0.3) is 11.6 Å². The normalized spacial score (nSPS) is 16.1. The molecule has 46 heavy (non-hydrogen) atoms. The monoisotopic (exact) mass is 702 g/mol. The zero-order valence-electron chi connectivity index (χ0n) is 31.7. The Labute approximate surface area is 292 Å².